The lowest BCUT2D eigenvalue weighted by molar-refractivity contribution is -0.139. The Labute approximate surface area is 187 Å². The Morgan fingerprint density at radius 3 is 2.31 bits per heavy atom. The maximum absolute atomic E-state index is 13.1. The number of nitrogens with zero attached hydrogens (tertiary/aromatic N) is 2. The van der Waals surface area contributed by atoms with Gasteiger partial charge in [0.1, 0.15) is 17.5 Å². The molecule has 1 amide bonds. The molecule has 4 rings (SSSR count). The number of carbonyl (C=O) groups is 2. The average Bonchev–Trinajstić information content (AvgIpc) is 3.44. The van der Waals surface area contributed by atoms with Crippen molar-refractivity contribution in [3.05, 3.63) is 30.0 Å². The Kier molecular flexibility index (Phi) is 6.67. The molecule has 2 aliphatic rings. The van der Waals surface area contributed by atoms with Crippen LogP contribution in [0.15, 0.2) is 24.3 Å². The number of methoxy groups -OCH3 is 2. The first kappa shape index (κ1) is 22.2. The summed E-state index contributed by atoms with van der Waals surface area (Å²) in [4.78, 5) is 24.8. The van der Waals surface area contributed by atoms with E-state index in [1.807, 2.05) is 22.9 Å². The van der Waals surface area contributed by atoms with Crippen molar-refractivity contribution >= 4 is 11.9 Å². The molecule has 2 aliphatic carbocycles. The summed E-state index contributed by atoms with van der Waals surface area (Å²) in [5, 5.41) is 17.0. The van der Waals surface area contributed by atoms with Gasteiger partial charge in [-0.1, -0.05) is 38.2 Å². The van der Waals surface area contributed by atoms with Crippen LogP contribution in [-0.2, 0) is 4.79 Å². The number of carbonyl (C=O) groups excluding carboxylic acids is 1. The molecule has 0 saturated heterocycles. The second kappa shape index (κ2) is 9.63. The lowest BCUT2D eigenvalue weighted by atomic mass is 9.81. The normalized spacial score (nSPS) is 17.6. The van der Waals surface area contributed by atoms with Gasteiger partial charge in [0.2, 0.25) is 0 Å². The molecule has 2 saturated carbocycles. The fourth-order valence-corrected chi connectivity index (χ4v) is 4.74. The van der Waals surface area contributed by atoms with Gasteiger partial charge in [-0.15, -0.1) is 0 Å². The van der Waals surface area contributed by atoms with Crippen LogP contribution >= 0.6 is 0 Å². The number of hydrogen-bond acceptors (Lipinski definition) is 5. The summed E-state index contributed by atoms with van der Waals surface area (Å²) in [6.07, 6.45) is 7.80. The number of aliphatic carboxylic acids is 1. The molecule has 2 aromatic rings. The predicted octanol–water partition coefficient (Wildman–Crippen LogP) is 4.06. The van der Waals surface area contributed by atoms with Gasteiger partial charge in [0.25, 0.3) is 5.91 Å². The molecule has 1 atom stereocenters. The standard InChI is InChI=1S/C24H31N3O5/c1-31-20-11-6-12-21(32-2)22(20)19-14-17(26-27(19)16-9-3-4-10-16)23(28)25-18(24(29)30)13-15-7-5-8-15/h6,11-12,14-16,18H,3-5,7-10,13H2,1-2H3,(H,25,28)(H,29,30)/t18-/m0/s1. The van der Waals surface area contributed by atoms with Gasteiger partial charge >= 0.3 is 5.97 Å². The van der Waals surface area contributed by atoms with E-state index in [0.29, 0.717) is 23.8 Å². The molecule has 0 spiro atoms. The molecule has 0 bridgehead atoms. The first-order valence-corrected chi connectivity index (χ1v) is 11.4. The summed E-state index contributed by atoms with van der Waals surface area (Å²) in [7, 11) is 3.19. The molecule has 32 heavy (non-hydrogen) atoms. The summed E-state index contributed by atoms with van der Waals surface area (Å²) in [5.74, 6) is 0.143. The third kappa shape index (κ3) is 4.45. The largest absolute Gasteiger partial charge is 0.496 e. The van der Waals surface area contributed by atoms with Gasteiger partial charge in [-0.3, -0.25) is 9.48 Å². The number of hydrogen-bond donors (Lipinski definition) is 2. The molecule has 1 heterocycles. The maximum Gasteiger partial charge on any atom is 0.326 e. The molecule has 2 fully saturated rings. The predicted molar refractivity (Wildman–Crippen MR) is 119 cm³/mol. The number of rotatable bonds is 9. The van der Waals surface area contributed by atoms with Crippen LogP contribution < -0.4 is 14.8 Å². The van der Waals surface area contributed by atoms with E-state index < -0.39 is 17.9 Å². The molecule has 2 N–H and O–H groups in total. The Morgan fingerprint density at radius 2 is 1.78 bits per heavy atom. The molecule has 0 radical (unpaired) electrons. The van der Waals surface area contributed by atoms with Crippen molar-refractivity contribution in [1.82, 2.24) is 15.1 Å². The molecule has 1 aromatic heterocycles. The Bertz CT molecular complexity index is 954. The number of aromatic nitrogens is 2. The highest BCUT2D eigenvalue weighted by Crippen LogP contribution is 2.41. The van der Waals surface area contributed by atoms with E-state index in [9.17, 15) is 14.7 Å². The summed E-state index contributed by atoms with van der Waals surface area (Å²) < 4.78 is 13.1. The zero-order valence-electron chi connectivity index (χ0n) is 18.7. The molecular formula is C24H31N3O5. The zero-order chi connectivity index (χ0) is 22.7. The van der Waals surface area contributed by atoms with E-state index in [1.165, 1.54) is 0 Å². The SMILES string of the molecule is COc1cccc(OC)c1-c1cc(C(=O)N[C@@H](CC2CCC2)C(=O)O)nn1C1CCCC1. The molecule has 0 unspecified atom stereocenters. The van der Waals surface area contributed by atoms with Crippen LogP contribution in [0.4, 0.5) is 0 Å². The van der Waals surface area contributed by atoms with Crippen LogP contribution in [-0.4, -0.2) is 47.0 Å². The van der Waals surface area contributed by atoms with Crippen molar-refractivity contribution in [1.29, 1.82) is 0 Å². The first-order valence-electron chi connectivity index (χ1n) is 11.4. The van der Waals surface area contributed by atoms with Crippen molar-refractivity contribution in [2.45, 2.75) is 63.5 Å². The summed E-state index contributed by atoms with van der Waals surface area (Å²) >= 11 is 0. The maximum atomic E-state index is 13.1. The minimum Gasteiger partial charge on any atom is -0.496 e. The fraction of sp³-hybridized carbons (Fsp3) is 0.542. The number of amides is 1. The Morgan fingerprint density at radius 1 is 1.12 bits per heavy atom. The molecular weight excluding hydrogens is 410 g/mol. The Balaban J connectivity index is 1.69. The van der Waals surface area contributed by atoms with E-state index in [4.69, 9.17) is 9.47 Å². The van der Waals surface area contributed by atoms with Crippen LogP contribution in [0.3, 0.4) is 0 Å². The fourth-order valence-electron chi connectivity index (χ4n) is 4.74. The van der Waals surface area contributed by atoms with Crippen molar-refractivity contribution < 1.29 is 24.2 Å². The monoisotopic (exact) mass is 441 g/mol. The van der Waals surface area contributed by atoms with E-state index in [2.05, 4.69) is 10.4 Å². The highest BCUT2D eigenvalue weighted by Gasteiger charge is 2.31. The minimum atomic E-state index is -1.01. The number of nitrogens with one attached hydrogen (secondary N) is 1. The van der Waals surface area contributed by atoms with Gasteiger partial charge < -0.3 is 19.9 Å². The average molecular weight is 442 g/mol. The van der Waals surface area contributed by atoms with Crippen molar-refractivity contribution in [2.24, 2.45) is 5.92 Å². The lowest BCUT2D eigenvalue weighted by Crippen LogP contribution is -2.43. The van der Waals surface area contributed by atoms with Crippen LogP contribution in [0.25, 0.3) is 11.3 Å². The van der Waals surface area contributed by atoms with Crippen molar-refractivity contribution in [3.63, 3.8) is 0 Å². The number of benzene rings is 1. The van der Waals surface area contributed by atoms with Gasteiger partial charge in [0.15, 0.2) is 5.69 Å². The lowest BCUT2D eigenvalue weighted by Gasteiger charge is -2.28. The van der Waals surface area contributed by atoms with Gasteiger partial charge in [-0.25, -0.2) is 4.79 Å². The molecule has 0 aliphatic heterocycles. The zero-order valence-corrected chi connectivity index (χ0v) is 18.7. The second-order valence-corrected chi connectivity index (χ2v) is 8.73. The quantitative estimate of drug-likeness (QED) is 0.608. The number of ether oxygens (including phenoxy) is 2. The Hall–Kier alpha value is -3.03. The number of carboxylic acid groups (broad SMARTS) is 1. The first-order chi connectivity index (χ1) is 15.5. The summed E-state index contributed by atoms with van der Waals surface area (Å²) in [5.41, 5.74) is 1.68. The van der Waals surface area contributed by atoms with Gasteiger partial charge in [0.05, 0.1) is 31.5 Å². The van der Waals surface area contributed by atoms with Gasteiger partial charge in [-0.2, -0.15) is 5.10 Å². The second-order valence-electron chi connectivity index (χ2n) is 8.73. The topological polar surface area (TPSA) is 103 Å². The van der Waals surface area contributed by atoms with E-state index >= 15 is 0 Å². The third-order valence-electron chi connectivity index (χ3n) is 6.72. The highest BCUT2D eigenvalue weighted by atomic mass is 16.5. The van der Waals surface area contributed by atoms with Crippen molar-refractivity contribution in [3.8, 4) is 22.8 Å². The summed E-state index contributed by atoms with van der Waals surface area (Å²) in [6, 6.07) is 6.53. The van der Waals surface area contributed by atoms with Crippen LogP contribution in [0.1, 0.15) is 67.9 Å². The molecule has 1 aromatic carbocycles. The molecule has 8 nitrogen and oxygen atoms in total. The van der Waals surface area contributed by atoms with Gasteiger partial charge in [0, 0.05) is 0 Å². The summed E-state index contributed by atoms with van der Waals surface area (Å²) in [6.45, 7) is 0. The van der Waals surface area contributed by atoms with Crippen molar-refractivity contribution in [2.75, 3.05) is 14.2 Å². The minimum absolute atomic E-state index is 0.173. The molecule has 8 heteroatoms. The highest BCUT2D eigenvalue weighted by molar-refractivity contribution is 5.96. The number of carboxylic acids is 1. The van der Waals surface area contributed by atoms with E-state index in [-0.39, 0.29) is 11.7 Å². The van der Waals surface area contributed by atoms with Crippen LogP contribution in [0.2, 0.25) is 0 Å². The third-order valence-corrected chi connectivity index (χ3v) is 6.72. The van der Waals surface area contributed by atoms with Gasteiger partial charge in [-0.05, 0) is 43.4 Å². The van der Waals surface area contributed by atoms with Crippen LogP contribution in [0, 0.1) is 5.92 Å². The molecule has 172 valence electrons. The van der Waals surface area contributed by atoms with E-state index in [0.717, 1.165) is 56.2 Å². The smallest absolute Gasteiger partial charge is 0.326 e. The van der Waals surface area contributed by atoms with Crippen LogP contribution in [0.5, 0.6) is 11.5 Å². The van der Waals surface area contributed by atoms with E-state index in [1.54, 1.807) is 20.3 Å².